The molecule has 5 aromatic rings. The number of benzene rings is 3. The number of aromatic amines is 1. The lowest BCUT2D eigenvalue weighted by molar-refractivity contribution is -0.384. The summed E-state index contributed by atoms with van der Waals surface area (Å²) >= 11 is 6.24. The number of nitro groups is 1. The van der Waals surface area contributed by atoms with Crippen molar-refractivity contribution in [3.63, 3.8) is 0 Å². The molecule has 3 aliphatic rings. The number of nitrogens with zero attached hydrogens (tertiary/aromatic N) is 4. The minimum atomic E-state index is -4.66. The number of rotatable bonds is 14. The van der Waals surface area contributed by atoms with E-state index in [2.05, 4.69) is 55.8 Å². The maximum Gasteiger partial charge on any atom is 0.313 e. The number of piperazine rings is 1. The topological polar surface area (TPSA) is 198 Å². The predicted octanol–water partition coefficient (Wildman–Crippen LogP) is 8.20. The van der Waals surface area contributed by atoms with Crippen molar-refractivity contribution in [3.8, 4) is 11.5 Å². The smallest absolute Gasteiger partial charge is 0.313 e. The lowest BCUT2D eigenvalue weighted by Gasteiger charge is -2.39. The van der Waals surface area contributed by atoms with Gasteiger partial charge in [0.25, 0.3) is 21.6 Å². The first-order valence-electron chi connectivity index (χ1n) is 21.6. The van der Waals surface area contributed by atoms with Gasteiger partial charge in [-0.15, -0.1) is 0 Å². The number of hydrogen-bond acceptors (Lipinski definition) is 13. The summed E-state index contributed by atoms with van der Waals surface area (Å²) in [5.41, 5.74) is 4.07. The molecule has 0 spiro atoms. The zero-order valence-corrected chi connectivity index (χ0v) is 38.1. The predicted molar refractivity (Wildman–Crippen MR) is 248 cm³/mol. The Morgan fingerprint density at radius 1 is 0.985 bits per heavy atom. The molecular formula is C47H52ClN7O9S. The van der Waals surface area contributed by atoms with Crippen LogP contribution in [0.15, 0.2) is 95.7 Å². The monoisotopic (exact) mass is 925 g/mol. The molecule has 0 bridgehead atoms. The van der Waals surface area contributed by atoms with Gasteiger partial charge in [-0.2, -0.15) is 0 Å². The van der Waals surface area contributed by atoms with Gasteiger partial charge in [-0.1, -0.05) is 43.2 Å². The fourth-order valence-corrected chi connectivity index (χ4v) is 10.0. The zero-order valence-electron chi connectivity index (χ0n) is 36.5. The third-order valence-electron chi connectivity index (χ3n) is 12.7. The number of sulfonamides is 1. The highest BCUT2D eigenvalue weighted by molar-refractivity contribution is 7.90. The molecule has 0 saturated carbocycles. The highest BCUT2D eigenvalue weighted by Crippen LogP contribution is 2.44. The summed E-state index contributed by atoms with van der Waals surface area (Å²) in [5, 5.41) is 16.7. The van der Waals surface area contributed by atoms with Crippen LogP contribution in [0.2, 0.25) is 5.02 Å². The van der Waals surface area contributed by atoms with Gasteiger partial charge in [-0.25, -0.2) is 18.1 Å². The normalized spacial score (nSPS) is 17.7. The van der Waals surface area contributed by atoms with Crippen LogP contribution in [-0.4, -0.2) is 99.7 Å². The second kappa shape index (κ2) is 18.8. The first-order chi connectivity index (χ1) is 31.1. The fourth-order valence-electron chi connectivity index (χ4n) is 8.89. The van der Waals surface area contributed by atoms with Crippen LogP contribution in [0.25, 0.3) is 16.6 Å². The lowest BCUT2D eigenvalue weighted by Crippen LogP contribution is -2.47. The maximum atomic E-state index is 14.0. The molecule has 0 atom stereocenters. The van der Waals surface area contributed by atoms with E-state index in [4.69, 9.17) is 25.8 Å². The number of anilines is 2. The van der Waals surface area contributed by atoms with Crippen LogP contribution in [0, 0.1) is 20.9 Å². The Labute approximate surface area is 382 Å². The molecule has 0 radical (unpaired) electrons. The van der Waals surface area contributed by atoms with E-state index >= 15 is 0 Å². The van der Waals surface area contributed by atoms with Crippen LogP contribution in [0.1, 0.15) is 61.9 Å². The van der Waals surface area contributed by atoms with Gasteiger partial charge in [-0.3, -0.25) is 24.6 Å². The Balaban J connectivity index is 1.01. The number of carbonyl (C=O) groups is 2. The molecule has 2 fully saturated rings. The minimum absolute atomic E-state index is 0.00341. The van der Waals surface area contributed by atoms with Crippen molar-refractivity contribution in [1.29, 1.82) is 0 Å². The molecule has 0 unspecified atom stereocenters. The number of pyridine rings is 1. The zero-order chi connectivity index (χ0) is 45.9. The summed E-state index contributed by atoms with van der Waals surface area (Å²) in [5.74, 6) is -1.06. The number of methoxy groups -OCH3 is 1. The molecule has 1 aliphatic carbocycles. The standard InChI is InChI=1S/C47H52ClN7O9S/c1-46(2)14-12-33(39(27-46)31-4-6-34(48)7-5-31)29-53-18-20-54(21-19-53)35-8-10-38(42(25-35)64-36-24-32-13-17-49-43(32)50-28-36)44(56)52-65(60,61)37-9-11-40(41(26-37)55(58)59)51-30-47(45(57)62-3)15-22-63-23-16-47/h4-11,13,17,24-26,28,51H,12,14-16,18-23,27,29-30H2,1-3H3,(H,49,50)(H,52,56). The molecule has 3 N–H and O–H groups in total. The van der Waals surface area contributed by atoms with E-state index in [-0.39, 0.29) is 29.0 Å². The third-order valence-corrected chi connectivity index (χ3v) is 14.3. The first-order valence-corrected chi connectivity index (χ1v) is 23.4. The molecule has 16 nitrogen and oxygen atoms in total. The number of esters is 1. The van der Waals surface area contributed by atoms with E-state index < -0.39 is 42.8 Å². The molecule has 2 aromatic heterocycles. The number of amides is 1. The summed E-state index contributed by atoms with van der Waals surface area (Å²) < 4.78 is 46.4. The number of fused-ring (bicyclic) bond motifs is 1. The van der Waals surface area contributed by atoms with Crippen molar-refractivity contribution < 1.29 is 37.1 Å². The van der Waals surface area contributed by atoms with Gasteiger partial charge in [0.2, 0.25) is 0 Å². The largest absolute Gasteiger partial charge is 0.469 e. The Morgan fingerprint density at radius 3 is 2.46 bits per heavy atom. The van der Waals surface area contributed by atoms with E-state index in [1.165, 1.54) is 42.1 Å². The number of nitro benzene ring substituents is 1. The number of ether oxygens (including phenoxy) is 3. The van der Waals surface area contributed by atoms with E-state index in [1.54, 1.807) is 24.4 Å². The molecule has 3 aromatic carbocycles. The van der Waals surface area contributed by atoms with Gasteiger partial charge in [0.1, 0.15) is 22.8 Å². The Bertz CT molecular complexity index is 2740. The molecule has 1 amide bonds. The van der Waals surface area contributed by atoms with Crippen molar-refractivity contribution in [3.05, 3.63) is 117 Å². The number of H-pyrrole nitrogens is 1. The van der Waals surface area contributed by atoms with Gasteiger partial charge >= 0.3 is 5.97 Å². The number of nitrogens with one attached hydrogen (secondary N) is 3. The van der Waals surface area contributed by atoms with Crippen molar-refractivity contribution in [2.24, 2.45) is 10.8 Å². The van der Waals surface area contributed by atoms with Gasteiger partial charge in [0.05, 0.1) is 34.1 Å². The van der Waals surface area contributed by atoms with E-state index in [1.807, 2.05) is 18.2 Å². The third kappa shape index (κ3) is 10.3. The number of carbonyl (C=O) groups excluding carboxylic acids is 2. The van der Waals surface area contributed by atoms with Crippen molar-refractivity contribution in [2.75, 3.05) is 69.8 Å². The first kappa shape index (κ1) is 45.6. The Morgan fingerprint density at radius 2 is 1.74 bits per heavy atom. The molecular weight excluding hydrogens is 874 g/mol. The Hall–Kier alpha value is -6.01. The molecule has 8 rings (SSSR count). The van der Waals surface area contributed by atoms with Gasteiger partial charge in [0, 0.05) is 86.9 Å². The molecule has 65 heavy (non-hydrogen) atoms. The summed E-state index contributed by atoms with van der Waals surface area (Å²) in [4.78, 5) is 49.9. The van der Waals surface area contributed by atoms with Crippen molar-refractivity contribution in [1.82, 2.24) is 19.6 Å². The van der Waals surface area contributed by atoms with Crippen LogP contribution >= 0.6 is 11.6 Å². The second-order valence-electron chi connectivity index (χ2n) is 17.7. The molecule has 342 valence electrons. The number of halogens is 1. The SMILES string of the molecule is COC(=O)C1(CNc2ccc(S(=O)(=O)NC(=O)c3ccc(N4CCN(CC5=C(c6ccc(Cl)cc6)CC(C)(C)CC5)CC4)cc3Oc3cnc4[nH]ccc4c3)cc2[N+](=O)[O-])CCOCC1. The van der Waals surface area contributed by atoms with Crippen molar-refractivity contribution >= 4 is 67.2 Å². The fraction of sp³-hybridized carbons (Fsp3) is 0.383. The van der Waals surface area contributed by atoms with E-state index in [0.29, 0.717) is 50.5 Å². The number of aromatic nitrogens is 2. The molecule has 2 saturated heterocycles. The summed E-state index contributed by atoms with van der Waals surface area (Å²) in [6.45, 7) is 9.14. The summed E-state index contributed by atoms with van der Waals surface area (Å²) in [7, 11) is -3.38. The van der Waals surface area contributed by atoms with Gasteiger partial charge < -0.3 is 29.4 Å². The van der Waals surface area contributed by atoms with Crippen LogP contribution in [0.5, 0.6) is 11.5 Å². The van der Waals surface area contributed by atoms with E-state index in [9.17, 15) is 28.1 Å². The van der Waals surface area contributed by atoms with E-state index in [0.717, 1.165) is 67.1 Å². The van der Waals surface area contributed by atoms with Crippen LogP contribution in [0.3, 0.4) is 0 Å². The molecule has 4 heterocycles. The number of allylic oxidation sites excluding steroid dienone is 1. The summed E-state index contributed by atoms with van der Waals surface area (Å²) in [6, 6.07) is 20.0. The second-order valence-corrected chi connectivity index (χ2v) is 19.8. The van der Waals surface area contributed by atoms with Crippen LogP contribution in [-0.2, 0) is 24.3 Å². The van der Waals surface area contributed by atoms with Crippen LogP contribution < -0.4 is 19.7 Å². The molecule has 18 heteroatoms. The summed E-state index contributed by atoms with van der Waals surface area (Å²) in [6.07, 6.45) is 7.08. The highest BCUT2D eigenvalue weighted by Gasteiger charge is 2.41. The molecule has 2 aliphatic heterocycles. The van der Waals surface area contributed by atoms with Crippen molar-refractivity contribution in [2.45, 2.75) is 50.8 Å². The van der Waals surface area contributed by atoms with Gasteiger partial charge in [-0.05, 0) is 97.2 Å². The van der Waals surface area contributed by atoms with Crippen LogP contribution in [0.4, 0.5) is 17.1 Å². The number of hydrogen-bond donors (Lipinski definition) is 3. The quantitative estimate of drug-likeness (QED) is 0.0548. The lowest BCUT2D eigenvalue weighted by atomic mass is 9.72. The minimum Gasteiger partial charge on any atom is -0.469 e. The average Bonchev–Trinajstić information content (AvgIpc) is 3.77. The average molecular weight is 926 g/mol. The van der Waals surface area contributed by atoms with Gasteiger partial charge in [0.15, 0.2) is 0 Å². The Kier molecular flexibility index (Phi) is 13.2. The highest BCUT2D eigenvalue weighted by atomic mass is 35.5. The maximum absolute atomic E-state index is 14.0.